The number of nitrogens with zero attached hydrogens (tertiary/aromatic N) is 1. The highest BCUT2D eigenvalue weighted by molar-refractivity contribution is 7.12. The molecule has 0 aliphatic heterocycles. The Bertz CT molecular complexity index is 392. The topological polar surface area (TPSA) is 41.3 Å². The maximum Gasteiger partial charge on any atom is 0.0736 e. The zero-order valence-corrected chi connectivity index (χ0v) is 13.2. The van der Waals surface area contributed by atoms with Crippen molar-refractivity contribution in [2.45, 2.75) is 58.0 Å². The van der Waals surface area contributed by atoms with E-state index in [0.29, 0.717) is 0 Å². The summed E-state index contributed by atoms with van der Waals surface area (Å²) in [5, 5.41) is 0. The van der Waals surface area contributed by atoms with Gasteiger partial charge in [-0.25, -0.2) is 0 Å². The molecule has 4 heteroatoms. The van der Waals surface area contributed by atoms with Crippen molar-refractivity contribution in [2.24, 2.45) is 5.84 Å². The second-order valence-corrected chi connectivity index (χ2v) is 6.85. The maximum absolute atomic E-state index is 5.96. The van der Waals surface area contributed by atoms with E-state index in [0.717, 1.165) is 13.1 Å². The van der Waals surface area contributed by atoms with Crippen molar-refractivity contribution in [2.75, 3.05) is 13.1 Å². The third-order valence-corrected chi connectivity index (χ3v) is 5.68. The highest BCUT2D eigenvalue weighted by Crippen LogP contribution is 2.45. The van der Waals surface area contributed by atoms with Gasteiger partial charge in [0, 0.05) is 15.3 Å². The lowest BCUT2D eigenvalue weighted by Gasteiger charge is -2.45. The van der Waals surface area contributed by atoms with Crippen molar-refractivity contribution in [3.8, 4) is 0 Å². The van der Waals surface area contributed by atoms with Gasteiger partial charge >= 0.3 is 0 Å². The Kier molecular flexibility index (Phi) is 5.01. The molecule has 0 bridgehead atoms. The standard InChI is InChI=1S/C15H27N3S/c1-4-18(5-2)15(10-6-7-11-15)14(17-16)13-9-8-12(3)19-13/h8-9,14,17H,4-7,10-11,16H2,1-3H3. The third-order valence-electron chi connectivity index (χ3n) is 4.61. The molecule has 0 aromatic carbocycles. The Morgan fingerprint density at radius 3 is 2.37 bits per heavy atom. The summed E-state index contributed by atoms with van der Waals surface area (Å²) in [6.07, 6.45) is 5.14. The zero-order valence-electron chi connectivity index (χ0n) is 12.4. The van der Waals surface area contributed by atoms with Crippen LogP contribution in [0.1, 0.15) is 55.3 Å². The summed E-state index contributed by atoms with van der Waals surface area (Å²) in [6, 6.07) is 4.71. The lowest BCUT2D eigenvalue weighted by molar-refractivity contribution is 0.0639. The van der Waals surface area contributed by atoms with Gasteiger partial charge in [-0.05, 0) is 45.0 Å². The fourth-order valence-corrected chi connectivity index (χ4v) is 4.79. The molecule has 3 nitrogen and oxygen atoms in total. The van der Waals surface area contributed by atoms with E-state index in [2.05, 4.69) is 43.2 Å². The Hall–Kier alpha value is -0.420. The van der Waals surface area contributed by atoms with E-state index in [4.69, 9.17) is 5.84 Å². The summed E-state index contributed by atoms with van der Waals surface area (Å²) >= 11 is 1.88. The van der Waals surface area contributed by atoms with Crippen molar-refractivity contribution >= 4 is 11.3 Å². The van der Waals surface area contributed by atoms with Gasteiger partial charge in [0.2, 0.25) is 0 Å². The molecule has 1 unspecified atom stereocenters. The van der Waals surface area contributed by atoms with Crippen molar-refractivity contribution in [3.05, 3.63) is 21.9 Å². The number of likely N-dealkylation sites (N-methyl/N-ethyl adjacent to an activating group) is 1. The molecule has 1 fully saturated rings. The predicted molar refractivity (Wildman–Crippen MR) is 83.2 cm³/mol. The van der Waals surface area contributed by atoms with Crippen LogP contribution in [0.25, 0.3) is 0 Å². The summed E-state index contributed by atoms with van der Waals surface area (Å²) in [6.45, 7) is 8.88. The van der Waals surface area contributed by atoms with E-state index < -0.39 is 0 Å². The summed E-state index contributed by atoms with van der Waals surface area (Å²) in [5.41, 5.74) is 3.34. The first-order valence-electron chi connectivity index (χ1n) is 7.45. The number of thiophene rings is 1. The molecule has 1 heterocycles. The zero-order chi connectivity index (χ0) is 13.9. The molecule has 108 valence electrons. The lowest BCUT2D eigenvalue weighted by atomic mass is 9.85. The number of hydrazine groups is 1. The quantitative estimate of drug-likeness (QED) is 0.621. The fourth-order valence-electron chi connectivity index (χ4n) is 3.74. The minimum Gasteiger partial charge on any atom is -0.296 e. The summed E-state index contributed by atoms with van der Waals surface area (Å²) in [5.74, 6) is 5.96. The van der Waals surface area contributed by atoms with Gasteiger partial charge in [-0.15, -0.1) is 11.3 Å². The van der Waals surface area contributed by atoms with Crippen LogP contribution in [0.5, 0.6) is 0 Å². The van der Waals surface area contributed by atoms with Crippen molar-refractivity contribution in [1.29, 1.82) is 0 Å². The average molecular weight is 281 g/mol. The van der Waals surface area contributed by atoms with Crippen LogP contribution >= 0.6 is 11.3 Å². The number of nitrogens with one attached hydrogen (secondary N) is 1. The first kappa shape index (κ1) is 15.0. The molecule has 1 aliphatic carbocycles. The van der Waals surface area contributed by atoms with E-state index in [1.807, 2.05) is 11.3 Å². The average Bonchev–Trinajstić information content (AvgIpc) is 3.03. The molecule has 2 rings (SSSR count). The van der Waals surface area contributed by atoms with Gasteiger partial charge in [0.05, 0.1) is 6.04 Å². The van der Waals surface area contributed by atoms with E-state index in [1.165, 1.54) is 35.4 Å². The third kappa shape index (κ3) is 2.72. The summed E-state index contributed by atoms with van der Waals surface area (Å²) < 4.78 is 0. The van der Waals surface area contributed by atoms with Crippen LogP contribution < -0.4 is 11.3 Å². The Balaban J connectivity index is 2.35. The molecular weight excluding hydrogens is 254 g/mol. The Labute approximate surface area is 121 Å². The highest BCUT2D eigenvalue weighted by Gasteiger charge is 2.45. The Morgan fingerprint density at radius 2 is 1.95 bits per heavy atom. The molecule has 19 heavy (non-hydrogen) atoms. The molecule has 0 spiro atoms. The van der Waals surface area contributed by atoms with Gasteiger partial charge in [-0.1, -0.05) is 26.7 Å². The van der Waals surface area contributed by atoms with Gasteiger partial charge < -0.3 is 0 Å². The summed E-state index contributed by atoms with van der Waals surface area (Å²) in [4.78, 5) is 5.36. The van der Waals surface area contributed by atoms with Crippen LogP contribution in [-0.4, -0.2) is 23.5 Å². The largest absolute Gasteiger partial charge is 0.296 e. The predicted octanol–water partition coefficient (Wildman–Crippen LogP) is 3.22. The van der Waals surface area contributed by atoms with Crippen LogP contribution in [0.2, 0.25) is 0 Å². The van der Waals surface area contributed by atoms with Gasteiger partial charge in [0.15, 0.2) is 0 Å². The summed E-state index contributed by atoms with van der Waals surface area (Å²) in [7, 11) is 0. The minimum absolute atomic E-state index is 0.204. The van der Waals surface area contributed by atoms with Gasteiger partial charge in [-0.2, -0.15) is 0 Å². The Morgan fingerprint density at radius 1 is 1.32 bits per heavy atom. The number of aryl methyl sites for hydroxylation is 1. The molecule has 1 atom stereocenters. The molecule has 0 amide bonds. The van der Waals surface area contributed by atoms with Crippen molar-refractivity contribution in [3.63, 3.8) is 0 Å². The van der Waals surface area contributed by atoms with Gasteiger partial charge in [0.1, 0.15) is 0 Å². The SMILES string of the molecule is CCN(CC)C1(C(NN)c2ccc(C)s2)CCCC1. The van der Waals surface area contributed by atoms with Gasteiger partial charge in [-0.3, -0.25) is 16.2 Å². The fraction of sp³-hybridized carbons (Fsp3) is 0.733. The van der Waals surface area contributed by atoms with E-state index in [1.54, 1.807) is 0 Å². The van der Waals surface area contributed by atoms with Crippen molar-refractivity contribution in [1.82, 2.24) is 10.3 Å². The number of hydrogen-bond donors (Lipinski definition) is 2. The first-order valence-corrected chi connectivity index (χ1v) is 8.27. The minimum atomic E-state index is 0.204. The normalized spacial score (nSPS) is 20.1. The number of rotatable bonds is 6. The van der Waals surface area contributed by atoms with E-state index in [9.17, 15) is 0 Å². The smallest absolute Gasteiger partial charge is 0.0736 e. The molecule has 0 saturated heterocycles. The molecule has 1 saturated carbocycles. The van der Waals surface area contributed by atoms with Crippen LogP contribution in [0.3, 0.4) is 0 Å². The maximum atomic E-state index is 5.96. The van der Waals surface area contributed by atoms with E-state index >= 15 is 0 Å². The van der Waals surface area contributed by atoms with Gasteiger partial charge in [0.25, 0.3) is 0 Å². The lowest BCUT2D eigenvalue weighted by Crippen LogP contribution is -2.56. The second kappa shape index (κ2) is 6.35. The number of hydrogen-bond acceptors (Lipinski definition) is 4. The first-order chi connectivity index (χ1) is 9.17. The van der Waals surface area contributed by atoms with Crippen LogP contribution in [-0.2, 0) is 0 Å². The molecular formula is C15H27N3S. The molecule has 1 aliphatic rings. The van der Waals surface area contributed by atoms with E-state index in [-0.39, 0.29) is 11.6 Å². The molecule has 1 aromatic rings. The molecule has 0 radical (unpaired) electrons. The highest BCUT2D eigenvalue weighted by atomic mass is 32.1. The molecule has 3 N–H and O–H groups in total. The monoisotopic (exact) mass is 281 g/mol. The van der Waals surface area contributed by atoms with Crippen molar-refractivity contribution < 1.29 is 0 Å². The van der Waals surface area contributed by atoms with Crippen LogP contribution in [0, 0.1) is 6.92 Å². The van der Waals surface area contributed by atoms with Crippen LogP contribution in [0.4, 0.5) is 0 Å². The number of nitrogens with two attached hydrogens (primary N) is 1. The van der Waals surface area contributed by atoms with Crippen LogP contribution in [0.15, 0.2) is 12.1 Å². The molecule has 1 aromatic heterocycles. The second-order valence-electron chi connectivity index (χ2n) is 5.53.